The molecule has 10 nitrogen and oxygen atoms in total. The zero-order chi connectivity index (χ0) is 20.5. The number of nitro groups is 1. The molecule has 0 unspecified atom stereocenters. The number of hydrogen-bond acceptors (Lipinski definition) is 7. The topological polar surface area (TPSA) is 112 Å². The van der Waals surface area contributed by atoms with E-state index in [1.165, 1.54) is 0 Å². The monoisotopic (exact) mass is 401 g/mol. The third-order valence-electron chi connectivity index (χ3n) is 5.46. The highest BCUT2D eigenvalue weighted by molar-refractivity contribution is 5.93. The number of aryl methyl sites for hydroxylation is 1. The lowest BCUT2D eigenvalue weighted by Crippen LogP contribution is -2.39. The first-order chi connectivity index (χ1) is 13.9. The second-order valence-electron chi connectivity index (χ2n) is 7.37. The van der Waals surface area contributed by atoms with Crippen LogP contribution in [-0.2, 0) is 11.5 Å². The fraction of sp³-hybridized carbons (Fsp3) is 0.474. The van der Waals surface area contributed by atoms with E-state index in [0.29, 0.717) is 35.2 Å². The summed E-state index contributed by atoms with van der Waals surface area (Å²) in [5, 5.41) is 18.4. The quantitative estimate of drug-likeness (QED) is 0.605. The van der Waals surface area contributed by atoms with E-state index >= 15 is 0 Å². The van der Waals surface area contributed by atoms with Gasteiger partial charge in [-0.2, -0.15) is 5.10 Å². The molecule has 29 heavy (non-hydrogen) atoms. The number of amides is 1. The molecule has 2 aromatic rings. The normalized spacial score (nSPS) is 16.8. The third-order valence-corrected chi connectivity index (χ3v) is 5.46. The minimum atomic E-state index is -0.388. The van der Waals surface area contributed by atoms with Gasteiger partial charge in [0.05, 0.1) is 11.6 Å². The van der Waals surface area contributed by atoms with Crippen LogP contribution in [0.15, 0.2) is 18.2 Å². The standard InChI is InChI=1S/C19H23N5O5/c1-12-18(24(26)27)13(2)23(21-12)10-22-7-5-14(6-8-22)19(25)20-15-3-4-16-17(9-15)29-11-28-16/h3-4,9,14H,5-8,10-11H2,1-2H3,(H,20,25). The van der Waals surface area contributed by atoms with Crippen LogP contribution in [0.25, 0.3) is 0 Å². The van der Waals surface area contributed by atoms with Gasteiger partial charge in [-0.15, -0.1) is 0 Å². The zero-order valence-corrected chi connectivity index (χ0v) is 16.4. The second-order valence-corrected chi connectivity index (χ2v) is 7.37. The number of likely N-dealkylation sites (tertiary alicyclic amines) is 1. The number of fused-ring (bicyclic) bond motifs is 1. The summed E-state index contributed by atoms with van der Waals surface area (Å²) in [6.07, 6.45) is 1.44. The Morgan fingerprint density at radius 2 is 2.00 bits per heavy atom. The Morgan fingerprint density at radius 3 is 2.69 bits per heavy atom. The largest absolute Gasteiger partial charge is 0.454 e. The van der Waals surface area contributed by atoms with E-state index < -0.39 is 0 Å². The SMILES string of the molecule is Cc1nn(CN2CCC(C(=O)Nc3ccc4c(c3)OCO4)CC2)c(C)c1[N+](=O)[O-]. The molecule has 1 N–H and O–H groups in total. The molecule has 0 atom stereocenters. The number of piperidine rings is 1. The number of ether oxygens (including phenoxy) is 2. The molecule has 1 amide bonds. The van der Waals surface area contributed by atoms with E-state index in [9.17, 15) is 14.9 Å². The van der Waals surface area contributed by atoms with Crippen LogP contribution in [0.3, 0.4) is 0 Å². The first-order valence-electron chi connectivity index (χ1n) is 9.53. The molecule has 4 rings (SSSR count). The van der Waals surface area contributed by atoms with Gasteiger partial charge in [0, 0.05) is 30.8 Å². The van der Waals surface area contributed by atoms with Crippen molar-refractivity contribution in [2.75, 3.05) is 25.2 Å². The number of aromatic nitrogens is 2. The highest BCUT2D eigenvalue weighted by Gasteiger charge is 2.28. The molecular weight excluding hydrogens is 378 g/mol. The summed E-state index contributed by atoms with van der Waals surface area (Å²) in [4.78, 5) is 25.5. The maximum absolute atomic E-state index is 12.6. The maximum Gasteiger partial charge on any atom is 0.312 e. The molecule has 2 aliphatic rings. The summed E-state index contributed by atoms with van der Waals surface area (Å²) in [6, 6.07) is 5.36. The Morgan fingerprint density at radius 1 is 1.28 bits per heavy atom. The van der Waals surface area contributed by atoms with E-state index in [4.69, 9.17) is 9.47 Å². The summed E-state index contributed by atoms with van der Waals surface area (Å²) in [6.45, 7) is 5.50. The lowest BCUT2D eigenvalue weighted by molar-refractivity contribution is -0.386. The number of anilines is 1. The predicted octanol–water partition coefficient (Wildman–Crippen LogP) is 2.45. The third kappa shape index (κ3) is 3.88. The van der Waals surface area contributed by atoms with Crippen molar-refractivity contribution < 1.29 is 19.2 Å². The highest BCUT2D eigenvalue weighted by atomic mass is 16.7. The van der Waals surface area contributed by atoms with Crippen LogP contribution in [0.1, 0.15) is 24.2 Å². The Labute approximate surface area is 167 Å². The molecule has 1 aromatic heterocycles. The van der Waals surface area contributed by atoms with E-state index in [0.717, 1.165) is 25.9 Å². The maximum atomic E-state index is 12.6. The van der Waals surface area contributed by atoms with Crippen molar-refractivity contribution in [3.05, 3.63) is 39.7 Å². The molecule has 1 fully saturated rings. The van der Waals surface area contributed by atoms with Crippen molar-refractivity contribution >= 4 is 17.3 Å². The molecule has 3 heterocycles. The molecule has 2 aliphatic heterocycles. The smallest absolute Gasteiger partial charge is 0.312 e. The first kappa shape index (κ1) is 19.2. The summed E-state index contributed by atoms with van der Waals surface area (Å²) >= 11 is 0. The number of benzene rings is 1. The fourth-order valence-electron chi connectivity index (χ4n) is 3.83. The van der Waals surface area contributed by atoms with Gasteiger partial charge in [-0.3, -0.25) is 19.8 Å². The molecule has 10 heteroatoms. The van der Waals surface area contributed by atoms with Gasteiger partial charge < -0.3 is 14.8 Å². The minimum absolute atomic E-state index is 0.00901. The molecule has 0 radical (unpaired) electrons. The van der Waals surface area contributed by atoms with Crippen molar-refractivity contribution in [1.29, 1.82) is 0 Å². The molecule has 154 valence electrons. The van der Waals surface area contributed by atoms with Crippen LogP contribution in [0.5, 0.6) is 11.5 Å². The number of carbonyl (C=O) groups excluding carboxylic acids is 1. The van der Waals surface area contributed by atoms with Crippen molar-refractivity contribution in [2.24, 2.45) is 5.92 Å². The summed E-state index contributed by atoms with van der Waals surface area (Å²) in [5.74, 6) is 1.23. The molecular formula is C19H23N5O5. The average Bonchev–Trinajstić information content (AvgIpc) is 3.26. The van der Waals surface area contributed by atoms with E-state index in [1.54, 1.807) is 36.7 Å². The highest BCUT2D eigenvalue weighted by Crippen LogP contribution is 2.34. The molecule has 1 aromatic carbocycles. The van der Waals surface area contributed by atoms with Gasteiger partial charge in [0.1, 0.15) is 11.4 Å². The Balaban J connectivity index is 1.32. The summed E-state index contributed by atoms with van der Waals surface area (Å²) < 4.78 is 12.3. The lowest BCUT2D eigenvalue weighted by atomic mass is 9.96. The second kappa shape index (κ2) is 7.70. The summed E-state index contributed by atoms with van der Waals surface area (Å²) in [5.41, 5.74) is 1.74. The van der Waals surface area contributed by atoms with Crippen molar-refractivity contribution in [3.8, 4) is 11.5 Å². The van der Waals surface area contributed by atoms with E-state index in [-0.39, 0.29) is 29.2 Å². The number of nitrogens with one attached hydrogen (secondary N) is 1. The van der Waals surface area contributed by atoms with E-state index in [2.05, 4.69) is 15.3 Å². The number of rotatable bonds is 5. The van der Waals surface area contributed by atoms with Crippen LogP contribution >= 0.6 is 0 Å². The van der Waals surface area contributed by atoms with Crippen LogP contribution < -0.4 is 14.8 Å². The van der Waals surface area contributed by atoms with Crippen LogP contribution in [0.4, 0.5) is 11.4 Å². The van der Waals surface area contributed by atoms with Crippen LogP contribution in [-0.4, -0.2) is 45.4 Å². The van der Waals surface area contributed by atoms with Crippen molar-refractivity contribution in [3.63, 3.8) is 0 Å². The average molecular weight is 401 g/mol. The fourth-order valence-corrected chi connectivity index (χ4v) is 3.83. The van der Waals surface area contributed by atoms with Gasteiger partial charge in [-0.1, -0.05) is 0 Å². The van der Waals surface area contributed by atoms with Gasteiger partial charge in [-0.05, 0) is 38.8 Å². The van der Waals surface area contributed by atoms with Gasteiger partial charge in [0.25, 0.3) is 0 Å². The number of hydrogen-bond donors (Lipinski definition) is 1. The van der Waals surface area contributed by atoms with Gasteiger partial charge in [0.15, 0.2) is 11.5 Å². The van der Waals surface area contributed by atoms with E-state index in [1.807, 2.05) is 0 Å². The Bertz CT molecular complexity index is 949. The lowest BCUT2D eigenvalue weighted by Gasteiger charge is -2.31. The van der Waals surface area contributed by atoms with Crippen LogP contribution in [0, 0.1) is 29.9 Å². The Hall–Kier alpha value is -3.14. The zero-order valence-electron chi connectivity index (χ0n) is 16.4. The minimum Gasteiger partial charge on any atom is -0.454 e. The van der Waals surface area contributed by atoms with Gasteiger partial charge >= 0.3 is 5.69 Å². The number of nitrogens with zero attached hydrogens (tertiary/aromatic N) is 4. The van der Waals surface area contributed by atoms with Crippen LogP contribution in [0.2, 0.25) is 0 Å². The van der Waals surface area contributed by atoms with Crippen molar-refractivity contribution in [2.45, 2.75) is 33.4 Å². The molecule has 0 spiro atoms. The summed E-state index contributed by atoms with van der Waals surface area (Å²) in [7, 11) is 0. The number of carbonyl (C=O) groups is 1. The van der Waals surface area contributed by atoms with Gasteiger partial charge in [-0.25, -0.2) is 4.68 Å². The first-order valence-corrected chi connectivity index (χ1v) is 9.53. The van der Waals surface area contributed by atoms with Crippen molar-refractivity contribution in [1.82, 2.24) is 14.7 Å². The van der Waals surface area contributed by atoms with Gasteiger partial charge in [0.2, 0.25) is 12.7 Å². The Kier molecular flexibility index (Phi) is 5.10. The molecule has 0 aliphatic carbocycles. The molecule has 0 saturated carbocycles. The predicted molar refractivity (Wildman–Crippen MR) is 104 cm³/mol. The molecule has 1 saturated heterocycles. The molecule has 0 bridgehead atoms.